The van der Waals surface area contributed by atoms with E-state index < -0.39 is 15.8 Å². The van der Waals surface area contributed by atoms with Crippen molar-refractivity contribution in [2.45, 2.75) is 24.9 Å². The molecular formula is C13H19NO4S. The van der Waals surface area contributed by atoms with Crippen LogP contribution in [0.15, 0.2) is 30.3 Å². The predicted octanol–water partition coefficient (Wildman–Crippen LogP) is 1.26. The quantitative estimate of drug-likeness (QED) is 0.854. The second-order valence-electron chi connectivity index (χ2n) is 4.72. The number of hydrogen-bond acceptors (Lipinski definition) is 4. The fourth-order valence-electron chi connectivity index (χ4n) is 1.98. The zero-order chi connectivity index (χ0) is 13.8. The van der Waals surface area contributed by atoms with Crippen LogP contribution in [0.5, 0.6) is 0 Å². The number of nitrogens with one attached hydrogen (secondary N) is 1. The van der Waals surface area contributed by atoms with Crippen molar-refractivity contribution in [2.75, 3.05) is 19.8 Å². The average molecular weight is 285 g/mol. The Hall–Kier alpha value is -0.950. The molecule has 1 saturated heterocycles. The highest BCUT2D eigenvalue weighted by Gasteiger charge is 2.30. The molecule has 5 nitrogen and oxygen atoms in total. The van der Waals surface area contributed by atoms with Crippen LogP contribution in [0.4, 0.5) is 0 Å². The number of sulfonamides is 1. The second kappa shape index (κ2) is 6.00. The summed E-state index contributed by atoms with van der Waals surface area (Å²) in [5.41, 5.74) is 0.773. The van der Waals surface area contributed by atoms with Crippen LogP contribution >= 0.6 is 0 Å². The molecule has 1 aromatic rings. The van der Waals surface area contributed by atoms with Gasteiger partial charge in [-0.15, -0.1) is 0 Å². The molecule has 0 bridgehead atoms. The van der Waals surface area contributed by atoms with Crippen molar-refractivity contribution in [1.82, 2.24) is 4.72 Å². The summed E-state index contributed by atoms with van der Waals surface area (Å²) in [6.45, 7) is 3.26. The van der Waals surface area contributed by atoms with Crippen LogP contribution in [-0.4, -0.2) is 34.0 Å². The maximum Gasteiger partial charge on any atom is 0.215 e. The van der Waals surface area contributed by atoms with Crippen molar-refractivity contribution in [2.24, 2.45) is 0 Å². The molecular weight excluding hydrogens is 266 g/mol. The lowest BCUT2D eigenvalue weighted by Gasteiger charge is -2.22. The first-order valence-corrected chi connectivity index (χ1v) is 7.94. The summed E-state index contributed by atoms with van der Waals surface area (Å²) in [6.07, 6.45) is 0.501. The molecule has 0 radical (unpaired) electrons. The standard InChI is InChI=1S/C13H19NO4S/c1-13(17-9-10-18-13)7-8-14-19(15,16)11-12-5-3-2-4-6-12/h2-6,14H,7-11H2,1H3. The summed E-state index contributed by atoms with van der Waals surface area (Å²) in [5, 5.41) is 0. The Morgan fingerprint density at radius 3 is 2.47 bits per heavy atom. The molecule has 0 unspecified atom stereocenters. The van der Waals surface area contributed by atoms with Gasteiger partial charge in [0.2, 0.25) is 10.0 Å². The number of hydrogen-bond donors (Lipinski definition) is 1. The van der Waals surface area contributed by atoms with Crippen molar-refractivity contribution in [3.8, 4) is 0 Å². The molecule has 1 fully saturated rings. The van der Waals surface area contributed by atoms with Gasteiger partial charge >= 0.3 is 0 Å². The first-order chi connectivity index (χ1) is 8.99. The van der Waals surface area contributed by atoms with E-state index in [4.69, 9.17) is 9.47 Å². The Bertz CT molecular complexity index is 495. The Kier molecular flexibility index (Phi) is 4.57. The molecule has 1 aliphatic heterocycles. The predicted molar refractivity (Wildman–Crippen MR) is 72.0 cm³/mol. The largest absolute Gasteiger partial charge is 0.348 e. The van der Waals surface area contributed by atoms with E-state index in [1.807, 2.05) is 25.1 Å². The fourth-order valence-corrected chi connectivity index (χ4v) is 3.13. The van der Waals surface area contributed by atoms with E-state index in [1.165, 1.54) is 0 Å². The maximum absolute atomic E-state index is 11.9. The number of rotatable bonds is 6. The van der Waals surface area contributed by atoms with Crippen molar-refractivity contribution in [3.63, 3.8) is 0 Å². The van der Waals surface area contributed by atoms with Crippen molar-refractivity contribution in [1.29, 1.82) is 0 Å². The third-order valence-corrected chi connectivity index (χ3v) is 4.36. The van der Waals surface area contributed by atoms with Gasteiger partial charge in [-0.25, -0.2) is 13.1 Å². The van der Waals surface area contributed by atoms with Crippen molar-refractivity contribution >= 4 is 10.0 Å². The molecule has 0 amide bonds. The van der Waals surface area contributed by atoms with E-state index >= 15 is 0 Å². The van der Waals surface area contributed by atoms with Crippen LogP contribution < -0.4 is 4.72 Å². The Balaban J connectivity index is 1.81. The van der Waals surface area contributed by atoms with Gasteiger partial charge in [-0.1, -0.05) is 30.3 Å². The molecule has 1 N–H and O–H groups in total. The first-order valence-electron chi connectivity index (χ1n) is 6.28. The molecule has 0 aromatic heterocycles. The maximum atomic E-state index is 11.9. The summed E-state index contributed by atoms with van der Waals surface area (Å²) in [6, 6.07) is 9.10. The van der Waals surface area contributed by atoms with E-state index in [1.54, 1.807) is 12.1 Å². The first kappa shape index (κ1) is 14.5. The van der Waals surface area contributed by atoms with Gasteiger partial charge in [-0.05, 0) is 12.5 Å². The van der Waals surface area contributed by atoms with Gasteiger partial charge < -0.3 is 9.47 Å². The van der Waals surface area contributed by atoms with Gasteiger partial charge in [0.25, 0.3) is 0 Å². The van der Waals surface area contributed by atoms with E-state index in [9.17, 15) is 8.42 Å². The van der Waals surface area contributed by atoms with E-state index in [0.717, 1.165) is 5.56 Å². The van der Waals surface area contributed by atoms with Crippen LogP contribution in [-0.2, 0) is 25.2 Å². The van der Waals surface area contributed by atoms with E-state index in [0.29, 0.717) is 26.2 Å². The lowest BCUT2D eigenvalue weighted by Crippen LogP contribution is -2.34. The van der Waals surface area contributed by atoms with Gasteiger partial charge in [0, 0.05) is 13.0 Å². The minimum atomic E-state index is -3.31. The molecule has 6 heteroatoms. The summed E-state index contributed by atoms with van der Waals surface area (Å²) < 4.78 is 37.2. The van der Waals surface area contributed by atoms with Crippen LogP contribution in [0.3, 0.4) is 0 Å². The molecule has 19 heavy (non-hydrogen) atoms. The van der Waals surface area contributed by atoms with Gasteiger partial charge in [-0.3, -0.25) is 0 Å². The molecule has 1 aromatic carbocycles. The molecule has 0 spiro atoms. The van der Waals surface area contributed by atoms with Gasteiger partial charge in [-0.2, -0.15) is 0 Å². The second-order valence-corrected chi connectivity index (χ2v) is 6.53. The molecule has 1 heterocycles. The van der Waals surface area contributed by atoms with Crippen molar-refractivity contribution < 1.29 is 17.9 Å². The van der Waals surface area contributed by atoms with E-state index in [2.05, 4.69) is 4.72 Å². The normalized spacial score (nSPS) is 18.6. The monoisotopic (exact) mass is 285 g/mol. The fraction of sp³-hybridized carbons (Fsp3) is 0.538. The summed E-state index contributed by atoms with van der Waals surface area (Å²) >= 11 is 0. The highest BCUT2D eigenvalue weighted by atomic mass is 32.2. The van der Waals surface area contributed by atoms with Crippen molar-refractivity contribution in [3.05, 3.63) is 35.9 Å². The van der Waals surface area contributed by atoms with Gasteiger partial charge in [0.1, 0.15) is 0 Å². The van der Waals surface area contributed by atoms with Crippen LogP contribution in [0.25, 0.3) is 0 Å². The van der Waals surface area contributed by atoms with Gasteiger partial charge in [0.15, 0.2) is 5.79 Å². The average Bonchev–Trinajstić information content (AvgIpc) is 2.76. The Morgan fingerprint density at radius 2 is 1.84 bits per heavy atom. The highest BCUT2D eigenvalue weighted by Crippen LogP contribution is 2.21. The van der Waals surface area contributed by atoms with Crippen LogP contribution in [0, 0.1) is 0 Å². The lowest BCUT2D eigenvalue weighted by molar-refractivity contribution is -0.145. The molecule has 1 aliphatic rings. The molecule has 0 atom stereocenters. The minimum absolute atomic E-state index is 0.00767. The zero-order valence-corrected chi connectivity index (χ0v) is 11.8. The molecule has 0 aliphatic carbocycles. The van der Waals surface area contributed by atoms with Crippen LogP contribution in [0.1, 0.15) is 18.9 Å². The smallest absolute Gasteiger partial charge is 0.215 e. The molecule has 106 valence electrons. The lowest BCUT2D eigenvalue weighted by atomic mass is 10.2. The SMILES string of the molecule is CC1(CCNS(=O)(=O)Cc2ccccc2)OCCO1. The Labute approximate surface area is 114 Å². The summed E-state index contributed by atoms with van der Waals surface area (Å²) in [5.74, 6) is -0.665. The summed E-state index contributed by atoms with van der Waals surface area (Å²) in [4.78, 5) is 0. The third kappa shape index (κ3) is 4.58. The van der Waals surface area contributed by atoms with Crippen LogP contribution in [0.2, 0.25) is 0 Å². The molecule has 2 rings (SSSR count). The molecule has 0 saturated carbocycles. The van der Waals surface area contributed by atoms with Gasteiger partial charge in [0.05, 0.1) is 19.0 Å². The minimum Gasteiger partial charge on any atom is -0.348 e. The highest BCUT2D eigenvalue weighted by molar-refractivity contribution is 7.88. The zero-order valence-electron chi connectivity index (χ0n) is 11.0. The third-order valence-electron chi connectivity index (χ3n) is 3.00. The number of benzene rings is 1. The topological polar surface area (TPSA) is 64.6 Å². The number of ether oxygens (including phenoxy) is 2. The Morgan fingerprint density at radius 1 is 1.21 bits per heavy atom. The summed E-state index contributed by atoms with van der Waals surface area (Å²) in [7, 11) is -3.31. The van der Waals surface area contributed by atoms with E-state index in [-0.39, 0.29) is 5.75 Å².